The number of nitrogens with one attached hydrogen (secondary N) is 1. The van der Waals surface area contributed by atoms with E-state index >= 15 is 0 Å². The number of amides is 1. The molecule has 248 valence electrons. The zero-order valence-electron chi connectivity index (χ0n) is 27.4. The van der Waals surface area contributed by atoms with Gasteiger partial charge in [-0.15, -0.1) is 10.1 Å². The molecule has 0 bridgehead atoms. The second-order valence-electron chi connectivity index (χ2n) is 10.9. The molecule has 1 amide bonds. The summed E-state index contributed by atoms with van der Waals surface area (Å²) in [5, 5.41) is 22.4. The highest BCUT2D eigenvalue weighted by molar-refractivity contribution is 5.77. The Labute approximate surface area is 266 Å². The molecule has 0 radical (unpaired) electrons. The minimum absolute atomic E-state index is 0.0167. The fraction of sp³-hybridized carbons (Fsp3) is 0.576. The highest BCUT2D eigenvalue weighted by Crippen LogP contribution is 2.44. The second kappa shape index (κ2) is 19.2. The maximum absolute atomic E-state index is 11.9. The van der Waals surface area contributed by atoms with Gasteiger partial charge in [0, 0.05) is 12.6 Å². The molecule has 0 aliphatic heterocycles. The number of ether oxygens (including phenoxy) is 4. The second-order valence-corrected chi connectivity index (χ2v) is 10.9. The summed E-state index contributed by atoms with van der Waals surface area (Å²) in [5.74, 6) is 1.74. The number of rotatable bonds is 22. The lowest BCUT2D eigenvalue weighted by molar-refractivity contribution is -0.757. The van der Waals surface area contributed by atoms with E-state index in [0.29, 0.717) is 29.4 Å². The van der Waals surface area contributed by atoms with Gasteiger partial charge in [-0.25, -0.2) is 0 Å². The summed E-state index contributed by atoms with van der Waals surface area (Å²) >= 11 is 0. The number of carbonyl (C=O) groups excluding carboxylic acids is 1. The van der Waals surface area contributed by atoms with Gasteiger partial charge in [0.15, 0.2) is 18.1 Å². The van der Waals surface area contributed by atoms with Crippen molar-refractivity contribution in [3.63, 3.8) is 0 Å². The van der Waals surface area contributed by atoms with Gasteiger partial charge < -0.3 is 29.1 Å². The van der Waals surface area contributed by atoms with Crippen molar-refractivity contribution in [2.45, 2.75) is 70.3 Å². The van der Waals surface area contributed by atoms with Gasteiger partial charge in [0.25, 0.3) is 11.0 Å². The molecule has 2 rings (SSSR count). The van der Waals surface area contributed by atoms with Gasteiger partial charge in [0.05, 0.1) is 32.8 Å². The van der Waals surface area contributed by atoms with E-state index < -0.39 is 16.4 Å². The zero-order chi connectivity index (χ0) is 33.2. The Morgan fingerprint density at radius 1 is 1.04 bits per heavy atom. The summed E-state index contributed by atoms with van der Waals surface area (Å²) in [5.41, 5.74) is 1.26. The summed E-state index contributed by atoms with van der Waals surface area (Å²) in [7, 11) is 6.81. The Hall–Kier alpha value is -4.24. The molecular formula is C33H48N4O8. The summed E-state index contributed by atoms with van der Waals surface area (Å²) < 4.78 is 22.3. The fourth-order valence-corrected chi connectivity index (χ4v) is 5.23. The van der Waals surface area contributed by atoms with Crippen LogP contribution in [0.15, 0.2) is 36.4 Å². The lowest BCUT2D eigenvalue weighted by atomic mass is 9.73. The van der Waals surface area contributed by atoms with Gasteiger partial charge >= 0.3 is 0 Å². The van der Waals surface area contributed by atoms with E-state index in [1.807, 2.05) is 36.4 Å². The molecule has 1 N–H and O–H groups in total. The van der Waals surface area contributed by atoms with E-state index in [1.165, 1.54) is 0 Å². The summed E-state index contributed by atoms with van der Waals surface area (Å²) in [4.78, 5) is 28.5. The molecule has 0 aromatic heterocycles. The van der Waals surface area contributed by atoms with E-state index in [-0.39, 0.29) is 25.8 Å². The molecular weight excluding hydrogens is 580 g/mol. The van der Waals surface area contributed by atoms with Crippen molar-refractivity contribution in [3.05, 3.63) is 57.6 Å². The molecule has 0 spiro atoms. The van der Waals surface area contributed by atoms with Crippen molar-refractivity contribution in [3.8, 4) is 29.1 Å². The van der Waals surface area contributed by atoms with Crippen molar-refractivity contribution in [1.82, 2.24) is 10.2 Å². The molecule has 2 aromatic rings. The predicted molar refractivity (Wildman–Crippen MR) is 170 cm³/mol. The normalized spacial score (nSPS) is 12.8. The van der Waals surface area contributed by atoms with Crippen molar-refractivity contribution in [2.24, 2.45) is 0 Å². The standard InChI is InChI=1S/C33H48N4O8/c1-7-8-9-10-16-33(24-34,27-21-29(41-4)32(43-6)30(22-27)42-5)17-11-19-36(3)25(2)26-12-14-28(15-13-26)44-23-31(38)35-18-20-45-37(39)40/h12-15,21-22,25H,7-11,16-20,23H2,1-6H3,(H,35,38). The van der Waals surface area contributed by atoms with Crippen LogP contribution in [0.3, 0.4) is 0 Å². The zero-order valence-corrected chi connectivity index (χ0v) is 27.4. The molecule has 45 heavy (non-hydrogen) atoms. The quantitative estimate of drug-likeness (QED) is 0.0990. The number of unbranched alkanes of at least 4 members (excludes halogenated alkanes) is 3. The molecule has 2 atom stereocenters. The molecule has 12 heteroatoms. The van der Waals surface area contributed by atoms with E-state index in [4.69, 9.17) is 18.9 Å². The SMILES string of the molecule is CCCCCCC(C#N)(CCCN(C)C(C)c1ccc(OCC(=O)NCCO[N+](=O)[O-])cc1)c1cc(OC)c(OC)c(OC)c1. The van der Waals surface area contributed by atoms with Gasteiger partial charge in [-0.1, -0.05) is 44.7 Å². The number of hydrogen-bond acceptors (Lipinski definition) is 10. The predicted octanol–water partition coefficient (Wildman–Crippen LogP) is 5.62. The van der Waals surface area contributed by atoms with Crippen molar-refractivity contribution in [1.29, 1.82) is 5.26 Å². The van der Waals surface area contributed by atoms with Gasteiger partial charge in [-0.05, 0) is 75.2 Å². The Bertz CT molecular complexity index is 1230. The minimum atomic E-state index is -0.907. The first-order valence-electron chi connectivity index (χ1n) is 15.3. The molecule has 0 aliphatic rings. The Morgan fingerprint density at radius 2 is 1.69 bits per heavy atom. The molecule has 12 nitrogen and oxygen atoms in total. The van der Waals surface area contributed by atoms with Gasteiger partial charge in [0.1, 0.15) is 12.4 Å². The Balaban J connectivity index is 2.05. The van der Waals surface area contributed by atoms with Crippen LogP contribution in [0.4, 0.5) is 0 Å². The molecule has 2 unspecified atom stereocenters. The monoisotopic (exact) mass is 628 g/mol. The van der Waals surface area contributed by atoms with Gasteiger partial charge in [-0.3, -0.25) is 9.69 Å². The van der Waals surface area contributed by atoms with Crippen LogP contribution in [0.25, 0.3) is 0 Å². The van der Waals surface area contributed by atoms with E-state index in [1.54, 1.807) is 21.3 Å². The maximum atomic E-state index is 11.9. The number of hydrogen-bond donors (Lipinski definition) is 1. The van der Waals surface area contributed by atoms with Gasteiger partial charge in [-0.2, -0.15) is 5.26 Å². The van der Waals surface area contributed by atoms with Crippen LogP contribution < -0.4 is 24.3 Å². The first-order valence-corrected chi connectivity index (χ1v) is 15.3. The third-order valence-electron chi connectivity index (χ3n) is 8.02. The average molecular weight is 629 g/mol. The molecule has 0 saturated carbocycles. The maximum Gasteiger partial charge on any atom is 0.294 e. The van der Waals surface area contributed by atoms with Crippen LogP contribution >= 0.6 is 0 Å². The van der Waals surface area contributed by atoms with Crippen molar-refractivity contribution in [2.75, 3.05) is 54.7 Å². The summed E-state index contributed by atoms with van der Waals surface area (Å²) in [6.45, 7) is 4.66. The Morgan fingerprint density at radius 3 is 2.24 bits per heavy atom. The van der Waals surface area contributed by atoms with E-state index in [9.17, 15) is 20.2 Å². The number of nitrogens with zero attached hydrogens (tertiary/aromatic N) is 3. The van der Waals surface area contributed by atoms with Crippen molar-refractivity contribution < 1.29 is 33.7 Å². The Kier molecular flexibility index (Phi) is 15.8. The molecule has 0 saturated heterocycles. The first kappa shape index (κ1) is 36.9. The number of methoxy groups -OCH3 is 3. The molecule has 0 fully saturated rings. The van der Waals surface area contributed by atoms with Crippen LogP contribution in [0.5, 0.6) is 23.0 Å². The van der Waals surface area contributed by atoms with E-state index in [0.717, 1.165) is 56.2 Å². The highest BCUT2D eigenvalue weighted by atomic mass is 16.9. The average Bonchev–Trinajstić information content (AvgIpc) is 3.05. The molecule has 0 heterocycles. The molecule has 2 aromatic carbocycles. The minimum Gasteiger partial charge on any atom is -0.493 e. The van der Waals surface area contributed by atoms with Crippen LogP contribution in [0.2, 0.25) is 0 Å². The van der Waals surface area contributed by atoms with Crippen LogP contribution in [-0.4, -0.2) is 70.6 Å². The smallest absolute Gasteiger partial charge is 0.294 e. The number of nitriles is 1. The lowest BCUT2D eigenvalue weighted by Gasteiger charge is -2.31. The third-order valence-corrected chi connectivity index (χ3v) is 8.02. The summed E-state index contributed by atoms with van der Waals surface area (Å²) in [6.07, 6.45) is 6.52. The fourth-order valence-electron chi connectivity index (χ4n) is 5.23. The highest BCUT2D eigenvalue weighted by Gasteiger charge is 2.34. The van der Waals surface area contributed by atoms with Crippen LogP contribution in [0, 0.1) is 21.4 Å². The lowest BCUT2D eigenvalue weighted by Crippen LogP contribution is -2.32. The first-order chi connectivity index (χ1) is 21.6. The number of benzene rings is 2. The van der Waals surface area contributed by atoms with Crippen molar-refractivity contribution >= 4 is 5.91 Å². The topological polar surface area (TPSA) is 145 Å². The molecule has 0 aliphatic carbocycles. The van der Waals surface area contributed by atoms with Crippen LogP contribution in [-0.2, 0) is 15.0 Å². The van der Waals surface area contributed by atoms with Gasteiger partial charge in [0.2, 0.25) is 5.75 Å². The summed E-state index contributed by atoms with van der Waals surface area (Å²) in [6, 6.07) is 14.1. The van der Waals surface area contributed by atoms with Crippen LogP contribution in [0.1, 0.15) is 76.0 Å². The van der Waals surface area contributed by atoms with E-state index in [2.05, 4.69) is 42.0 Å². The number of carbonyl (C=O) groups is 1. The largest absolute Gasteiger partial charge is 0.493 e. The third kappa shape index (κ3) is 11.3.